The van der Waals surface area contributed by atoms with Crippen LogP contribution in [0.1, 0.15) is 16.1 Å². The van der Waals surface area contributed by atoms with Gasteiger partial charge in [0.1, 0.15) is 22.9 Å². The van der Waals surface area contributed by atoms with Gasteiger partial charge in [0, 0.05) is 23.4 Å². The van der Waals surface area contributed by atoms with Crippen molar-refractivity contribution in [2.45, 2.75) is 6.36 Å². The monoisotopic (exact) mass is 446 g/mol. The lowest BCUT2D eigenvalue weighted by Gasteiger charge is -2.09. The minimum absolute atomic E-state index is 0.0194. The number of ether oxygens (including phenoxy) is 3. The van der Waals surface area contributed by atoms with Gasteiger partial charge >= 0.3 is 6.36 Å². The predicted molar refractivity (Wildman–Crippen MR) is 109 cm³/mol. The molecule has 0 spiro atoms. The number of benzene rings is 2. The molecule has 0 aliphatic rings. The van der Waals surface area contributed by atoms with Crippen molar-refractivity contribution in [3.05, 3.63) is 66.0 Å². The smallest absolute Gasteiger partial charge is 0.497 e. The van der Waals surface area contributed by atoms with Crippen LogP contribution in [0.4, 0.5) is 13.2 Å². The molecule has 2 aromatic carbocycles. The molecule has 3 rings (SSSR count). The molecule has 0 aliphatic carbocycles. The maximum absolute atomic E-state index is 12.4. The molecule has 0 saturated carbocycles. The highest BCUT2D eigenvalue weighted by molar-refractivity contribution is 5.93. The first kappa shape index (κ1) is 22.5. The quantitative estimate of drug-likeness (QED) is 0.438. The van der Waals surface area contributed by atoms with Crippen LogP contribution in [-0.2, 0) is 0 Å². The van der Waals surface area contributed by atoms with Gasteiger partial charge in [-0.1, -0.05) is 0 Å². The van der Waals surface area contributed by atoms with Gasteiger partial charge in [-0.05, 0) is 42.5 Å². The second kappa shape index (κ2) is 9.77. The van der Waals surface area contributed by atoms with E-state index in [-0.39, 0.29) is 17.3 Å². The minimum atomic E-state index is -4.79. The molecule has 166 valence electrons. The van der Waals surface area contributed by atoms with Crippen molar-refractivity contribution in [1.29, 1.82) is 0 Å². The number of nitrogens with one attached hydrogen (secondary N) is 1. The van der Waals surface area contributed by atoms with E-state index in [1.807, 2.05) is 0 Å². The number of hydrogen-bond acceptors (Lipinski definition) is 7. The van der Waals surface area contributed by atoms with Gasteiger partial charge in [-0.2, -0.15) is 5.10 Å². The van der Waals surface area contributed by atoms with Crippen LogP contribution in [0.5, 0.6) is 17.2 Å². The molecule has 1 amide bonds. The highest BCUT2D eigenvalue weighted by Gasteiger charge is 2.31. The van der Waals surface area contributed by atoms with Crippen LogP contribution < -0.4 is 19.6 Å². The molecular weight excluding hydrogens is 429 g/mol. The van der Waals surface area contributed by atoms with Crippen molar-refractivity contribution in [1.82, 2.24) is 15.4 Å². The third-order valence-electron chi connectivity index (χ3n) is 3.99. The number of methoxy groups -OCH3 is 2. The Labute approximate surface area is 180 Å². The molecule has 0 saturated heterocycles. The van der Waals surface area contributed by atoms with Gasteiger partial charge in [0.2, 0.25) is 0 Å². The fourth-order valence-electron chi connectivity index (χ4n) is 2.56. The summed E-state index contributed by atoms with van der Waals surface area (Å²) in [5.41, 5.74) is 3.40. The summed E-state index contributed by atoms with van der Waals surface area (Å²) < 4.78 is 51.0. The lowest BCUT2D eigenvalue weighted by atomic mass is 10.2. The summed E-state index contributed by atoms with van der Waals surface area (Å²) in [6.07, 6.45) is -2.02. The second-order valence-corrected chi connectivity index (χ2v) is 6.18. The Balaban J connectivity index is 1.70. The number of hydrogen-bond donors (Lipinski definition) is 1. The lowest BCUT2D eigenvalue weighted by molar-refractivity contribution is -0.274. The van der Waals surface area contributed by atoms with Crippen molar-refractivity contribution < 1.29 is 32.2 Å². The van der Waals surface area contributed by atoms with Crippen LogP contribution >= 0.6 is 0 Å². The molecule has 0 fully saturated rings. The van der Waals surface area contributed by atoms with Gasteiger partial charge in [0.15, 0.2) is 5.82 Å². The van der Waals surface area contributed by atoms with Crippen molar-refractivity contribution in [2.24, 2.45) is 5.10 Å². The van der Waals surface area contributed by atoms with Gasteiger partial charge in [-0.3, -0.25) is 4.79 Å². The summed E-state index contributed by atoms with van der Waals surface area (Å²) in [6, 6.07) is 11.4. The summed E-state index contributed by atoms with van der Waals surface area (Å²) in [5.74, 6) is 0.293. The Kier molecular flexibility index (Phi) is 6.88. The average Bonchev–Trinajstić information content (AvgIpc) is 2.78. The summed E-state index contributed by atoms with van der Waals surface area (Å²) in [5, 5.41) is 3.90. The molecule has 0 aliphatic heterocycles. The molecule has 0 radical (unpaired) electrons. The van der Waals surface area contributed by atoms with Gasteiger partial charge < -0.3 is 14.2 Å². The van der Waals surface area contributed by atoms with Crippen LogP contribution in [0.3, 0.4) is 0 Å². The first-order valence-corrected chi connectivity index (χ1v) is 9.03. The third kappa shape index (κ3) is 6.17. The van der Waals surface area contributed by atoms with E-state index in [2.05, 4.69) is 25.2 Å². The van der Waals surface area contributed by atoms with Crippen LogP contribution in [0.15, 0.2) is 59.8 Å². The average molecular weight is 446 g/mol. The molecular formula is C21H17F3N4O4. The van der Waals surface area contributed by atoms with Crippen LogP contribution in [0.25, 0.3) is 11.4 Å². The standard InChI is InChI=1S/C21H17F3N4O4/c1-30-16-9-13(10-17(11-16)31-2)12-26-28-20(29)18-7-8-25-19(27-18)14-3-5-15(6-4-14)32-21(22,23)24/h3-12H,1-2H3,(H,28,29)/b26-12+. The highest BCUT2D eigenvalue weighted by Crippen LogP contribution is 2.25. The van der Waals surface area contributed by atoms with Crippen molar-refractivity contribution in [3.63, 3.8) is 0 Å². The molecule has 0 unspecified atom stereocenters. The van der Waals surface area contributed by atoms with E-state index in [9.17, 15) is 18.0 Å². The molecule has 1 N–H and O–H groups in total. The van der Waals surface area contributed by atoms with E-state index < -0.39 is 12.3 Å². The van der Waals surface area contributed by atoms with Crippen molar-refractivity contribution >= 4 is 12.1 Å². The van der Waals surface area contributed by atoms with Crippen molar-refractivity contribution in [3.8, 4) is 28.6 Å². The zero-order chi connectivity index (χ0) is 23.1. The molecule has 32 heavy (non-hydrogen) atoms. The topological polar surface area (TPSA) is 94.9 Å². The number of carbonyl (C=O) groups excluding carboxylic acids is 1. The molecule has 8 nitrogen and oxygen atoms in total. The molecule has 0 atom stereocenters. The minimum Gasteiger partial charge on any atom is -0.497 e. The number of halogens is 3. The Morgan fingerprint density at radius 3 is 2.25 bits per heavy atom. The number of hydrazone groups is 1. The van der Waals surface area contributed by atoms with Crippen LogP contribution in [0, 0.1) is 0 Å². The number of carbonyl (C=O) groups is 1. The number of nitrogens with zero attached hydrogens (tertiary/aromatic N) is 3. The Bertz CT molecular complexity index is 1100. The number of amides is 1. The highest BCUT2D eigenvalue weighted by atomic mass is 19.4. The van der Waals surface area contributed by atoms with Gasteiger partial charge in [0.05, 0.1) is 20.4 Å². The number of alkyl halides is 3. The summed E-state index contributed by atoms with van der Waals surface area (Å²) in [4.78, 5) is 20.5. The zero-order valence-electron chi connectivity index (χ0n) is 16.9. The maximum Gasteiger partial charge on any atom is 0.573 e. The molecule has 11 heteroatoms. The molecule has 1 heterocycles. The SMILES string of the molecule is COc1cc(/C=N/NC(=O)c2ccnc(-c3ccc(OC(F)(F)F)cc3)n2)cc(OC)c1. The fraction of sp³-hybridized carbons (Fsp3) is 0.143. The van der Waals surface area contributed by atoms with E-state index in [0.29, 0.717) is 22.6 Å². The van der Waals surface area contributed by atoms with Crippen molar-refractivity contribution in [2.75, 3.05) is 14.2 Å². The van der Waals surface area contributed by atoms with E-state index in [1.165, 1.54) is 44.8 Å². The number of aromatic nitrogens is 2. The number of rotatable bonds is 7. The first-order chi connectivity index (χ1) is 15.3. The van der Waals surface area contributed by atoms with Gasteiger partial charge in [-0.15, -0.1) is 13.2 Å². The summed E-state index contributed by atoms with van der Waals surface area (Å²) in [6.45, 7) is 0. The Hall–Kier alpha value is -4.15. The molecule has 0 bridgehead atoms. The Morgan fingerprint density at radius 2 is 1.66 bits per heavy atom. The molecule has 3 aromatic rings. The lowest BCUT2D eigenvalue weighted by Crippen LogP contribution is -2.19. The van der Waals surface area contributed by atoms with Crippen LogP contribution in [0.2, 0.25) is 0 Å². The first-order valence-electron chi connectivity index (χ1n) is 9.03. The largest absolute Gasteiger partial charge is 0.573 e. The van der Waals surface area contributed by atoms with E-state index >= 15 is 0 Å². The Morgan fingerprint density at radius 1 is 1.00 bits per heavy atom. The van der Waals surface area contributed by atoms with Crippen LogP contribution in [-0.4, -0.2) is 42.7 Å². The normalized spacial score (nSPS) is 11.3. The fourth-order valence-corrected chi connectivity index (χ4v) is 2.56. The third-order valence-corrected chi connectivity index (χ3v) is 3.99. The van der Waals surface area contributed by atoms with Gasteiger partial charge in [-0.25, -0.2) is 15.4 Å². The zero-order valence-corrected chi connectivity index (χ0v) is 16.9. The van der Waals surface area contributed by atoms with E-state index in [1.54, 1.807) is 18.2 Å². The van der Waals surface area contributed by atoms with E-state index in [0.717, 1.165) is 12.1 Å². The maximum atomic E-state index is 12.4. The second-order valence-electron chi connectivity index (χ2n) is 6.18. The predicted octanol–water partition coefficient (Wildman–Crippen LogP) is 3.82. The summed E-state index contributed by atoms with van der Waals surface area (Å²) >= 11 is 0. The summed E-state index contributed by atoms with van der Waals surface area (Å²) in [7, 11) is 3.03. The van der Waals surface area contributed by atoms with Gasteiger partial charge in [0.25, 0.3) is 5.91 Å². The molecule has 1 aromatic heterocycles. The van der Waals surface area contributed by atoms with E-state index in [4.69, 9.17) is 9.47 Å².